The van der Waals surface area contributed by atoms with Gasteiger partial charge in [0.25, 0.3) is 0 Å². The lowest BCUT2D eigenvalue weighted by Crippen LogP contribution is -2.28. The minimum atomic E-state index is -0.787. The SMILES string of the molecule is O=C(Cc1c[nH]c2ccccc12)OCC[C@H](COC(=O)Cc1c[nH]c2ccccc12)OC(=O)Cc1c[nH]c2ccccc12. The molecule has 0 aliphatic carbocycles. The first-order valence-electron chi connectivity index (χ1n) is 14.2. The van der Waals surface area contributed by atoms with E-state index < -0.39 is 24.0 Å². The molecule has 0 saturated carbocycles. The fourth-order valence-electron chi connectivity index (χ4n) is 5.30. The van der Waals surface area contributed by atoms with Crippen LogP contribution in [0, 0.1) is 0 Å². The monoisotopic (exact) mass is 577 g/mol. The number of hydrogen-bond donors (Lipinski definition) is 3. The summed E-state index contributed by atoms with van der Waals surface area (Å²) in [5, 5.41) is 2.85. The van der Waals surface area contributed by atoms with Gasteiger partial charge in [0.2, 0.25) is 0 Å². The second-order valence-corrected chi connectivity index (χ2v) is 10.4. The topological polar surface area (TPSA) is 126 Å². The summed E-state index contributed by atoms with van der Waals surface area (Å²) in [4.78, 5) is 47.8. The van der Waals surface area contributed by atoms with Crippen molar-refractivity contribution in [3.8, 4) is 0 Å². The minimum absolute atomic E-state index is 0.00617. The lowest BCUT2D eigenvalue weighted by Gasteiger charge is -2.18. The van der Waals surface area contributed by atoms with Gasteiger partial charge < -0.3 is 29.2 Å². The van der Waals surface area contributed by atoms with Gasteiger partial charge in [-0.1, -0.05) is 54.6 Å². The second-order valence-electron chi connectivity index (χ2n) is 10.4. The molecule has 0 unspecified atom stereocenters. The van der Waals surface area contributed by atoms with Crippen LogP contribution in [-0.2, 0) is 47.9 Å². The Kier molecular flexibility index (Phi) is 8.21. The molecule has 3 aromatic carbocycles. The quantitative estimate of drug-likeness (QED) is 0.129. The molecule has 3 heterocycles. The number of ether oxygens (including phenoxy) is 3. The average Bonchev–Trinajstić information content (AvgIpc) is 3.74. The normalized spacial score (nSPS) is 12.0. The van der Waals surface area contributed by atoms with Gasteiger partial charge in [0, 0.05) is 57.7 Å². The minimum Gasteiger partial charge on any atom is -0.465 e. The van der Waals surface area contributed by atoms with Gasteiger partial charge in [0.15, 0.2) is 0 Å². The summed E-state index contributed by atoms with van der Waals surface area (Å²) in [5.74, 6) is -1.31. The van der Waals surface area contributed by atoms with Crippen molar-refractivity contribution in [2.45, 2.75) is 31.8 Å². The van der Waals surface area contributed by atoms with E-state index in [4.69, 9.17) is 14.2 Å². The first kappa shape index (κ1) is 27.8. The molecule has 0 spiro atoms. The number of hydrogen-bond acceptors (Lipinski definition) is 6. The summed E-state index contributed by atoms with van der Waals surface area (Å²) in [6.07, 6.45) is 4.99. The van der Waals surface area contributed by atoms with Gasteiger partial charge in [-0.3, -0.25) is 14.4 Å². The number of esters is 3. The molecule has 1 atom stereocenters. The van der Waals surface area contributed by atoms with E-state index in [1.165, 1.54) is 0 Å². The van der Waals surface area contributed by atoms with Gasteiger partial charge in [-0.05, 0) is 34.9 Å². The molecule has 6 aromatic rings. The maximum absolute atomic E-state index is 13.0. The van der Waals surface area contributed by atoms with Crippen molar-refractivity contribution >= 4 is 50.6 Å². The molecule has 43 heavy (non-hydrogen) atoms. The Morgan fingerprint density at radius 1 is 0.558 bits per heavy atom. The zero-order chi connectivity index (χ0) is 29.6. The van der Waals surface area contributed by atoms with Gasteiger partial charge in [-0.25, -0.2) is 0 Å². The Labute approximate surface area is 247 Å². The number of benzene rings is 3. The van der Waals surface area contributed by atoms with Crippen LogP contribution in [0.4, 0.5) is 0 Å². The molecule has 0 saturated heterocycles. The second kappa shape index (κ2) is 12.7. The number of aromatic nitrogens is 3. The molecule has 0 aliphatic rings. The summed E-state index contributed by atoms with van der Waals surface area (Å²) in [6, 6.07) is 23.1. The van der Waals surface area contributed by atoms with Gasteiger partial charge in [-0.2, -0.15) is 0 Å². The molecule has 0 fully saturated rings. The van der Waals surface area contributed by atoms with E-state index in [-0.39, 0.29) is 38.9 Å². The van der Waals surface area contributed by atoms with E-state index in [0.717, 1.165) is 49.4 Å². The molecule has 0 bridgehead atoms. The Bertz CT molecular complexity index is 1900. The third-order valence-electron chi connectivity index (χ3n) is 7.46. The molecular formula is C34H31N3O6. The summed E-state index contributed by atoms with van der Waals surface area (Å²) in [7, 11) is 0. The van der Waals surface area contributed by atoms with Gasteiger partial charge in [0.05, 0.1) is 25.9 Å². The van der Waals surface area contributed by atoms with Crippen LogP contribution >= 0.6 is 0 Å². The van der Waals surface area contributed by atoms with Gasteiger partial charge >= 0.3 is 17.9 Å². The lowest BCUT2D eigenvalue weighted by molar-refractivity contribution is -0.160. The molecule has 9 heteroatoms. The van der Waals surface area contributed by atoms with Crippen molar-refractivity contribution < 1.29 is 28.6 Å². The van der Waals surface area contributed by atoms with Crippen molar-refractivity contribution in [2.75, 3.05) is 13.2 Å². The zero-order valence-electron chi connectivity index (χ0n) is 23.4. The van der Waals surface area contributed by atoms with Crippen LogP contribution in [0.25, 0.3) is 32.7 Å². The van der Waals surface area contributed by atoms with Crippen LogP contribution in [0.1, 0.15) is 23.1 Å². The Hall–Kier alpha value is -5.31. The highest BCUT2D eigenvalue weighted by Gasteiger charge is 2.20. The lowest BCUT2D eigenvalue weighted by atomic mass is 10.1. The molecule has 3 N–H and O–H groups in total. The molecule has 0 amide bonds. The largest absolute Gasteiger partial charge is 0.465 e. The van der Waals surface area contributed by atoms with E-state index in [2.05, 4.69) is 15.0 Å². The first-order valence-corrected chi connectivity index (χ1v) is 14.2. The van der Waals surface area contributed by atoms with E-state index in [1.807, 2.05) is 72.8 Å². The third-order valence-corrected chi connectivity index (χ3v) is 7.46. The van der Waals surface area contributed by atoms with Crippen LogP contribution in [0.3, 0.4) is 0 Å². The summed E-state index contributed by atoms with van der Waals surface area (Å²) < 4.78 is 16.8. The smallest absolute Gasteiger partial charge is 0.310 e. The number of carbonyl (C=O) groups is 3. The van der Waals surface area contributed by atoms with Crippen LogP contribution in [0.15, 0.2) is 91.4 Å². The van der Waals surface area contributed by atoms with E-state index in [9.17, 15) is 14.4 Å². The molecule has 218 valence electrons. The number of carbonyl (C=O) groups excluding carboxylic acids is 3. The maximum Gasteiger partial charge on any atom is 0.310 e. The Balaban J connectivity index is 1.06. The zero-order valence-corrected chi connectivity index (χ0v) is 23.4. The van der Waals surface area contributed by atoms with Crippen LogP contribution in [-0.4, -0.2) is 52.2 Å². The Morgan fingerprint density at radius 2 is 0.977 bits per heavy atom. The number of fused-ring (bicyclic) bond motifs is 3. The molecule has 0 aliphatic heterocycles. The summed E-state index contributed by atoms with van der Waals surface area (Å²) in [5.41, 5.74) is 5.27. The first-order chi connectivity index (χ1) is 21.0. The Morgan fingerprint density at radius 3 is 1.47 bits per heavy atom. The standard InChI is InChI=1S/C34H31N3O6/c38-32(15-22-18-35-29-10-4-1-7-26(22)29)41-14-13-25(43-34(40)17-24-20-37-31-12-6-3-9-28(24)31)21-42-33(39)16-23-19-36-30-11-5-2-8-27(23)30/h1-12,18-20,25,35-37H,13-17,21H2/t25-/m1/s1. The van der Waals surface area contributed by atoms with E-state index >= 15 is 0 Å². The fourth-order valence-corrected chi connectivity index (χ4v) is 5.30. The summed E-state index contributed by atoms with van der Waals surface area (Å²) >= 11 is 0. The summed E-state index contributed by atoms with van der Waals surface area (Å²) in [6.45, 7) is -0.146. The highest BCUT2D eigenvalue weighted by Crippen LogP contribution is 2.21. The van der Waals surface area contributed by atoms with Crippen molar-refractivity contribution in [1.82, 2.24) is 15.0 Å². The van der Waals surface area contributed by atoms with E-state index in [0.29, 0.717) is 0 Å². The van der Waals surface area contributed by atoms with Gasteiger partial charge in [0.1, 0.15) is 12.7 Å². The van der Waals surface area contributed by atoms with Crippen molar-refractivity contribution in [2.24, 2.45) is 0 Å². The average molecular weight is 578 g/mol. The predicted molar refractivity (Wildman–Crippen MR) is 162 cm³/mol. The highest BCUT2D eigenvalue weighted by molar-refractivity contribution is 5.89. The molecule has 9 nitrogen and oxygen atoms in total. The molecule has 0 radical (unpaired) electrons. The van der Waals surface area contributed by atoms with Gasteiger partial charge in [-0.15, -0.1) is 0 Å². The molecular weight excluding hydrogens is 546 g/mol. The number of H-pyrrole nitrogens is 3. The number of aromatic amines is 3. The fraction of sp³-hybridized carbons (Fsp3) is 0.206. The van der Waals surface area contributed by atoms with Crippen molar-refractivity contribution in [3.63, 3.8) is 0 Å². The predicted octanol–water partition coefficient (Wildman–Crippen LogP) is 5.55. The third kappa shape index (κ3) is 6.62. The van der Waals surface area contributed by atoms with E-state index in [1.54, 1.807) is 18.6 Å². The maximum atomic E-state index is 13.0. The number of para-hydroxylation sites is 3. The number of rotatable bonds is 12. The van der Waals surface area contributed by atoms with Crippen LogP contribution in [0.2, 0.25) is 0 Å². The number of nitrogens with one attached hydrogen (secondary N) is 3. The van der Waals surface area contributed by atoms with Crippen LogP contribution in [0.5, 0.6) is 0 Å². The molecule has 6 rings (SSSR count). The van der Waals surface area contributed by atoms with Crippen molar-refractivity contribution in [3.05, 3.63) is 108 Å². The van der Waals surface area contributed by atoms with Crippen molar-refractivity contribution in [1.29, 1.82) is 0 Å². The molecule has 3 aromatic heterocycles. The highest BCUT2D eigenvalue weighted by atomic mass is 16.6. The van der Waals surface area contributed by atoms with Crippen LogP contribution < -0.4 is 0 Å².